The van der Waals surface area contributed by atoms with Crippen LogP contribution in [-0.4, -0.2) is 16.9 Å². The molecule has 1 unspecified atom stereocenters. The average Bonchev–Trinajstić information content (AvgIpc) is 2.94. The van der Waals surface area contributed by atoms with Crippen molar-refractivity contribution >= 4 is 11.8 Å². The van der Waals surface area contributed by atoms with Crippen molar-refractivity contribution < 1.29 is 0 Å². The summed E-state index contributed by atoms with van der Waals surface area (Å²) in [7, 11) is 0. The summed E-state index contributed by atoms with van der Waals surface area (Å²) in [6.07, 6.45) is 3.36. The van der Waals surface area contributed by atoms with Crippen molar-refractivity contribution in [2.45, 2.75) is 37.8 Å². The molecule has 0 fully saturated rings. The second-order valence-corrected chi connectivity index (χ2v) is 6.13. The van der Waals surface area contributed by atoms with Gasteiger partial charge in [0.1, 0.15) is 0 Å². The van der Waals surface area contributed by atoms with Crippen LogP contribution in [0.1, 0.15) is 32.0 Å². The molecule has 1 aromatic heterocycles. The van der Waals surface area contributed by atoms with Gasteiger partial charge in [0.25, 0.3) is 0 Å². The number of benzene rings is 1. The van der Waals surface area contributed by atoms with Crippen LogP contribution in [0.4, 0.5) is 0 Å². The molecule has 2 rings (SSSR count). The molecular formula is C17H24N2S. The van der Waals surface area contributed by atoms with Gasteiger partial charge in [-0.2, -0.15) is 0 Å². The first-order chi connectivity index (χ1) is 9.81. The Kier molecular flexibility index (Phi) is 6.22. The summed E-state index contributed by atoms with van der Waals surface area (Å²) in [4.78, 5) is 1.35. The van der Waals surface area contributed by atoms with E-state index in [1.165, 1.54) is 17.0 Å². The Bertz CT molecular complexity index is 493. The zero-order valence-electron chi connectivity index (χ0n) is 12.4. The standard InChI is InChI=1S/C17H24N2S/c1-3-11-18-15(2)17-10-7-12-19(17)13-14-20-16-8-5-4-6-9-16/h4-10,12,15,18H,3,11,13-14H2,1-2H3. The van der Waals surface area contributed by atoms with Gasteiger partial charge in [-0.05, 0) is 44.2 Å². The van der Waals surface area contributed by atoms with Crippen LogP contribution in [0.2, 0.25) is 0 Å². The van der Waals surface area contributed by atoms with Gasteiger partial charge >= 0.3 is 0 Å². The summed E-state index contributed by atoms with van der Waals surface area (Å²) < 4.78 is 2.36. The summed E-state index contributed by atoms with van der Waals surface area (Å²) in [5, 5.41) is 3.56. The molecule has 0 aliphatic rings. The van der Waals surface area contributed by atoms with Crippen LogP contribution in [0.25, 0.3) is 0 Å². The molecule has 108 valence electrons. The van der Waals surface area contributed by atoms with Crippen LogP contribution >= 0.6 is 11.8 Å². The smallest absolute Gasteiger partial charge is 0.0446 e. The molecule has 0 saturated carbocycles. The molecule has 0 aliphatic heterocycles. The Morgan fingerprint density at radius 2 is 1.95 bits per heavy atom. The number of nitrogens with zero attached hydrogens (tertiary/aromatic N) is 1. The van der Waals surface area contributed by atoms with Crippen LogP contribution in [0, 0.1) is 0 Å². The van der Waals surface area contributed by atoms with Gasteiger partial charge < -0.3 is 9.88 Å². The van der Waals surface area contributed by atoms with Crippen molar-refractivity contribution in [3.63, 3.8) is 0 Å². The Balaban J connectivity index is 1.85. The van der Waals surface area contributed by atoms with Gasteiger partial charge in [0.2, 0.25) is 0 Å². The van der Waals surface area contributed by atoms with Crippen LogP contribution in [0.5, 0.6) is 0 Å². The van der Waals surface area contributed by atoms with E-state index in [2.05, 4.69) is 72.4 Å². The Hall–Kier alpha value is -1.19. The molecule has 1 aromatic carbocycles. The minimum absolute atomic E-state index is 0.423. The first kappa shape index (κ1) is 15.2. The average molecular weight is 288 g/mol. The summed E-state index contributed by atoms with van der Waals surface area (Å²) in [6, 6.07) is 15.4. The van der Waals surface area contributed by atoms with E-state index in [-0.39, 0.29) is 0 Å². The SMILES string of the molecule is CCCNC(C)c1cccn1CCSc1ccccc1. The molecule has 0 saturated heterocycles. The fourth-order valence-corrected chi connectivity index (χ4v) is 3.14. The molecule has 0 radical (unpaired) electrons. The molecule has 0 spiro atoms. The van der Waals surface area contributed by atoms with Gasteiger partial charge in [-0.1, -0.05) is 25.1 Å². The number of rotatable bonds is 8. The minimum atomic E-state index is 0.423. The van der Waals surface area contributed by atoms with E-state index >= 15 is 0 Å². The monoisotopic (exact) mass is 288 g/mol. The fraction of sp³-hybridized carbons (Fsp3) is 0.412. The van der Waals surface area contributed by atoms with Crippen LogP contribution in [0.15, 0.2) is 53.6 Å². The van der Waals surface area contributed by atoms with Crippen molar-refractivity contribution in [3.05, 3.63) is 54.4 Å². The first-order valence-corrected chi connectivity index (χ1v) is 8.36. The van der Waals surface area contributed by atoms with Crippen molar-refractivity contribution in [1.82, 2.24) is 9.88 Å². The second kappa shape index (κ2) is 8.18. The van der Waals surface area contributed by atoms with Crippen LogP contribution < -0.4 is 5.32 Å². The predicted molar refractivity (Wildman–Crippen MR) is 88.3 cm³/mol. The molecule has 3 heteroatoms. The van der Waals surface area contributed by atoms with Gasteiger partial charge in [0.05, 0.1) is 0 Å². The summed E-state index contributed by atoms with van der Waals surface area (Å²) in [5.74, 6) is 1.10. The van der Waals surface area contributed by atoms with E-state index < -0.39 is 0 Å². The maximum Gasteiger partial charge on any atom is 0.0446 e. The molecule has 2 nitrogen and oxygen atoms in total. The third-order valence-electron chi connectivity index (χ3n) is 3.35. The number of hydrogen-bond donors (Lipinski definition) is 1. The highest BCUT2D eigenvalue weighted by Crippen LogP contribution is 2.19. The summed E-state index contributed by atoms with van der Waals surface area (Å²) >= 11 is 1.92. The zero-order valence-corrected chi connectivity index (χ0v) is 13.2. The van der Waals surface area contributed by atoms with Gasteiger partial charge in [-0.3, -0.25) is 0 Å². The highest BCUT2D eigenvalue weighted by Gasteiger charge is 2.08. The lowest BCUT2D eigenvalue weighted by atomic mass is 10.2. The van der Waals surface area contributed by atoms with Crippen LogP contribution in [-0.2, 0) is 6.54 Å². The molecule has 0 bridgehead atoms. The molecule has 0 aliphatic carbocycles. The third kappa shape index (κ3) is 4.43. The third-order valence-corrected chi connectivity index (χ3v) is 4.35. The molecule has 0 amide bonds. The predicted octanol–water partition coefficient (Wildman–Crippen LogP) is 4.34. The van der Waals surface area contributed by atoms with E-state index in [0.717, 1.165) is 18.8 Å². The van der Waals surface area contributed by atoms with Gasteiger partial charge in [0, 0.05) is 35.1 Å². The Labute approximate surface area is 126 Å². The summed E-state index contributed by atoms with van der Waals surface area (Å²) in [6.45, 7) is 6.58. The number of nitrogens with one attached hydrogen (secondary N) is 1. The van der Waals surface area contributed by atoms with E-state index in [1.54, 1.807) is 0 Å². The summed E-state index contributed by atoms with van der Waals surface area (Å²) in [5.41, 5.74) is 1.38. The fourth-order valence-electron chi connectivity index (χ4n) is 2.27. The highest BCUT2D eigenvalue weighted by atomic mass is 32.2. The van der Waals surface area contributed by atoms with E-state index in [1.807, 2.05) is 11.8 Å². The number of thioether (sulfide) groups is 1. The largest absolute Gasteiger partial charge is 0.349 e. The maximum absolute atomic E-state index is 3.56. The Morgan fingerprint density at radius 1 is 1.15 bits per heavy atom. The highest BCUT2D eigenvalue weighted by molar-refractivity contribution is 7.99. The van der Waals surface area contributed by atoms with Crippen molar-refractivity contribution in [1.29, 1.82) is 0 Å². The lowest BCUT2D eigenvalue weighted by Gasteiger charge is -2.16. The van der Waals surface area contributed by atoms with Gasteiger partial charge in [0.15, 0.2) is 0 Å². The number of aryl methyl sites for hydroxylation is 1. The van der Waals surface area contributed by atoms with E-state index in [0.29, 0.717) is 6.04 Å². The Morgan fingerprint density at radius 3 is 2.70 bits per heavy atom. The normalized spacial score (nSPS) is 12.5. The van der Waals surface area contributed by atoms with Crippen molar-refractivity contribution in [2.24, 2.45) is 0 Å². The number of aromatic nitrogens is 1. The molecular weight excluding hydrogens is 264 g/mol. The maximum atomic E-state index is 3.56. The van der Waals surface area contributed by atoms with Crippen LogP contribution in [0.3, 0.4) is 0 Å². The first-order valence-electron chi connectivity index (χ1n) is 7.37. The molecule has 20 heavy (non-hydrogen) atoms. The molecule has 1 atom stereocenters. The van der Waals surface area contributed by atoms with Gasteiger partial charge in [-0.25, -0.2) is 0 Å². The van der Waals surface area contributed by atoms with E-state index in [9.17, 15) is 0 Å². The van der Waals surface area contributed by atoms with Gasteiger partial charge in [-0.15, -0.1) is 11.8 Å². The zero-order chi connectivity index (χ0) is 14.2. The molecule has 1 N–H and O–H groups in total. The molecule has 2 aromatic rings. The lowest BCUT2D eigenvalue weighted by Crippen LogP contribution is -2.22. The minimum Gasteiger partial charge on any atom is -0.349 e. The number of hydrogen-bond acceptors (Lipinski definition) is 2. The van der Waals surface area contributed by atoms with Crippen molar-refractivity contribution in [2.75, 3.05) is 12.3 Å². The quantitative estimate of drug-likeness (QED) is 0.728. The molecule has 1 heterocycles. The second-order valence-electron chi connectivity index (χ2n) is 4.96. The van der Waals surface area contributed by atoms with E-state index in [4.69, 9.17) is 0 Å². The lowest BCUT2D eigenvalue weighted by molar-refractivity contribution is 0.532. The van der Waals surface area contributed by atoms with Crippen molar-refractivity contribution in [3.8, 4) is 0 Å². The topological polar surface area (TPSA) is 17.0 Å².